The summed E-state index contributed by atoms with van der Waals surface area (Å²) >= 11 is 5.95. The summed E-state index contributed by atoms with van der Waals surface area (Å²) in [5, 5.41) is 38.8. The van der Waals surface area contributed by atoms with Crippen LogP contribution in [0.1, 0.15) is 12.0 Å². The second-order valence-electron chi connectivity index (χ2n) is 7.49. The van der Waals surface area contributed by atoms with E-state index >= 15 is 0 Å². The summed E-state index contributed by atoms with van der Waals surface area (Å²) in [7, 11) is 0. The van der Waals surface area contributed by atoms with Gasteiger partial charge >= 0.3 is 12.2 Å². The molecule has 0 bridgehead atoms. The van der Waals surface area contributed by atoms with Crippen LogP contribution in [0.5, 0.6) is 0 Å². The molecule has 5 N–H and O–H groups in total. The van der Waals surface area contributed by atoms with Crippen LogP contribution in [0, 0.1) is 0 Å². The number of amides is 2. The van der Waals surface area contributed by atoms with Crippen molar-refractivity contribution >= 4 is 34.7 Å². The van der Waals surface area contributed by atoms with E-state index in [0.29, 0.717) is 16.4 Å². The zero-order valence-electron chi connectivity index (χ0n) is 17.2. The number of hydrazone groups is 1. The summed E-state index contributed by atoms with van der Waals surface area (Å²) in [5.74, 6) is 0. The van der Waals surface area contributed by atoms with Gasteiger partial charge in [0.2, 0.25) is 0 Å². The molecule has 0 saturated heterocycles. The van der Waals surface area contributed by atoms with Crippen LogP contribution in [0.2, 0.25) is 5.02 Å². The maximum Gasteiger partial charge on any atom is 0.431 e. The summed E-state index contributed by atoms with van der Waals surface area (Å²) in [6.07, 6.45) is -5.01. The molecule has 2 amide bonds. The van der Waals surface area contributed by atoms with Crippen LogP contribution in [0.4, 0.5) is 29.3 Å². The van der Waals surface area contributed by atoms with Gasteiger partial charge in [-0.05, 0) is 35.9 Å². The third-order valence-electron chi connectivity index (χ3n) is 5.10. The average Bonchev–Trinajstić information content (AvgIpc) is 3.23. The quantitative estimate of drug-likeness (QED) is 0.412. The molecule has 3 rings (SSSR count). The van der Waals surface area contributed by atoms with Crippen molar-refractivity contribution in [3.8, 4) is 0 Å². The van der Waals surface area contributed by atoms with Crippen molar-refractivity contribution in [3.05, 3.63) is 59.1 Å². The van der Waals surface area contributed by atoms with E-state index in [-0.39, 0.29) is 12.1 Å². The second-order valence-corrected chi connectivity index (χ2v) is 7.92. The van der Waals surface area contributed by atoms with Gasteiger partial charge in [0.1, 0.15) is 11.3 Å². The van der Waals surface area contributed by atoms with E-state index in [0.717, 1.165) is 0 Å². The first kappa shape index (κ1) is 24.8. The average molecular weight is 487 g/mol. The highest BCUT2D eigenvalue weighted by Crippen LogP contribution is 2.32. The lowest BCUT2D eigenvalue weighted by atomic mass is 9.95. The van der Waals surface area contributed by atoms with Crippen LogP contribution in [-0.2, 0) is 5.60 Å². The largest absolute Gasteiger partial charge is 0.431 e. The first-order valence-corrected chi connectivity index (χ1v) is 10.2. The van der Waals surface area contributed by atoms with Gasteiger partial charge in [-0.25, -0.2) is 4.79 Å². The molecule has 0 saturated carbocycles. The number of benzene rings is 2. The minimum Gasteiger partial charge on any atom is -0.393 e. The predicted molar refractivity (Wildman–Crippen MR) is 117 cm³/mol. The van der Waals surface area contributed by atoms with Gasteiger partial charge in [0.15, 0.2) is 0 Å². The number of rotatable bonds is 7. The summed E-state index contributed by atoms with van der Waals surface area (Å²) in [5.41, 5.74) is -1.82. The third-order valence-corrected chi connectivity index (χ3v) is 5.34. The van der Waals surface area contributed by atoms with Crippen LogP contribution < -0.4 is 15.6 Å². The molecule has 0 spiro atoms. The van der Waals surface area contributed by atoms with Gasteiger partial charge in [0.25, 0.3) is 0 Å². The van der Waals surface area contributed by atoms with Gasteiger partial charge in [-0.2, -0.15) is 18.3 Å². The van der Waals surface area contributed by atoms with Gasteiger partial charge in [-0.15, -0.1) is 0 Å². The molecule has 1 heterocycles. The highest BCUT2D eigenvalue weighted by Gasteiger charge is 2.43. The summed E-state index contributed by atoms with van der Waals surface area (Å²) < 4.78 is 39.7. The van der Waals surface area contributed by atoms with E-state index in [1.54, 1.807) is 18.2 Å². The van der Waals surface area contributed by atoms with Crippen molar-refractivity contribution in [2.75, 3.05) is 30.1 Å². The Hall–Kier alpha value is -2.86. The van der Waals surface area contributed by atoms with Crippen LogP contribution in [0.25, 0.3) is 0 Å². The zero-order chi connectivity index (χ0) is 24.2. The maximum atomic E-state index is 13.2. The molecule has 1 atom stereocenters. The van der Waals surface area contributed by atoms with Crippen molar-refractivity contribution in [1.82, 2.24) is 5.32 Å². The second kappa shape index (κ2) is 9.96. The van der Waals surface area contributed by atoms with Gasteiger partial charge in [-0.3, -0.25) is 5.01 Å². The molecule has 33 heavy (non-hydrogen) atoms. The molecule has 0 aromatic heterocycles. The first-order valence-electron chi connectivity index (χ1n) is 9.84. The molecule has 1 aliphatic heterocycles. The number of alkyl halides is 3. The molecule has 0 aliphatic carbocycles. The lowest BCUT2D eigenvalue weighted by Gasteiger charge is -2.24. The molecule has 2 aromatic carbocycles. The fourth-order valence-electron chi connectivity index (χ4n) is 3.26. The fraction of sp³-hybridized carbons (Fsp3) is 0.333. The third kappa shape index (κ3) is 5.93. The minimum atomic E-state index is -4.60. The van der Waals surface area contributed by atoms with E-state index in [1.807, 2.05) is 0 Å². The van der Waals surface area contributed by atoms with Crippen molar-refractivity contribution in [3.63, 3.8) is 0 Å². The molecule has 1 aliphatic rings. The van der Waals surface area contributed by atoms with Crippen LogP contribution in [0.3, 0.4) is 0 Å². The van der Waals surface area contributed by atoms with Gasteiger partial charge in [-0.1, -0.05) is 29.8 Å². The predicted octanol–water partition coefficient (Wildman–Crippen LogP) is 2.83. The fourth-order valence-corrected chi connectivity index (χ4v) is 3.45. The SMILES string of the molecule is O=C(NCC1CC(C(F)(F)F)=NN1c1cccc(Cl)c1)Nc1ccc(C(O)(CO)CO)cc1. The molecule has 12 heteroatoms. The number of nitrogens with one attached hydrogen (secondary N) is 2. The normalized spacial score (nSPS) is 16.5. The maximum absolute atomic E-state index is 13.2. The van der Waals surface area contributed by atoms with Gasteiger partial charge in [0.05, 0.1) is 24.9 Å². The summed E-state index contributed by atoms with van der Waals surface area (Å²) in [6.45, 7) is -1.51. The van der Waals surface area contributed by atoms with E-state index in [4.69, 9.17) is 11.6 Å². The number of carbonyl (C=O) groups excluding carboxylic acids is 1. The van der Waals surface area contributed by atoms with E-state index in [1.165, 1.54) is 35.3 Å². The Kier molecular flexibility index (Phi) is 7.48. The number of halogens is 4. The molecule has 8 nitrogen and oxygen atoms in total. The van der Waals surface area contributed by atoms with Crippen molar-refractivity contribution in [2.45, 2.75) is 24.2 Å². The molecule has 178 valence electrons. The van der Waals surface area contributed by atoms with Crippen LogP contribution >= 0.6 is 11.6 Å². The standard InChI is InChI=1S/C21H22ClF3N4O4/c22-14-2-1-3-16(8-14)29-17(9-18(28-29)21(23,24)25)10-26-19(32)27-15-6-4-13(5-7-15)20(33,11-30)12-31/h1-8,17,30-31,33H,9-12H2,(H2,26,27,32). The van der Waals surface area contributed by atoms with Crippen molar-refractivity contribution < 1.29 is 33.3 Å². The molecule has 0 fully saturated rings. The molecular weight excluding hydrogens is 465 g/mol. The molecule has 1 unspecified atom stereocenters. The first-order chi connectivity index (χ1) is 15.6. The Morgan fingerprint density at radius 2 is 1.82 bits per heavy atom. The summed E-state index contributed by atoms with van der Waals surface area (Å²) in [4.78, 5) is 12.3. The minimum absolute atomic E-state index is 0.131. The van der Waals surface area contributed by atoms with Crippen molar-refractivity contribution in [1.29, 1.82) is 0 Å². The lowest BCUT2D eigenvalue weighted by Crippen LogP contribution is -2.41. The van der Waals surface area contributed by atoms with Crippen LogP contribution in [-0.4, -0.2) is 59.0 Å². The summed E-state index contributed by atoms with van der Waals surface area (Å²) in [6, 6.07) is 10.5. The zero-order valence-corrected chi connectivity index (χ0v) is 17.9. The Bertz CT molecular complexity index is 1010. The van der Waals surface area contributed by atoms with E-state index in [2.05, 4.69) is 15.7 Å². The highest BCUT2D eigenvalue weighted by atomic mass is 35.5. The number of aliphatic hydroxyl groups excluding tert-OH is 2. The Morgan fingerprint density at radius 1 is 1.15 bits per heavy atom. The Labute approximate surface area is 192 Å². The molecular formula is C21H22ClF3N4O4. The Balaban J connectivity index is 1.65. The lowest BCUT2D eigenvalue weighted by molar-refractivity contribution is -0.0600. The number of anilines is 2. The highest BCUT2D eigenvalue weighted by molar-refractivity contribution is 6.30. The van der Waals surface area contributed by atoms with E-state index in [9.17, 15) is 33.3 Å². The van der Waals surface area contributed by atoms with Crippen LogP contribution in [0.15, 0.2) is 53.6 Å². The molecule has 2 aromatic rings. The van der Waals surface area contributed by atoms with Crippen molar-refractivity contribution in [2.24, 2.45) is 5.10 Å². The van der Waals surface area contributed by atoms with E-state index < -0.39 is 49.2 Å². The number of nitrogens with zero attached hydrogens (tertiary/aromatic N) is 2. The van der Waals surface area contributed by atoms with Gasteiger partial charge < -0.3 is 26.0 Å². The number of aliphatic hydroxyl groups is 3. The Morgan fingerprint density at radius 3 is 2.39 bits per heavy atom. The number of carbonyl (C=O) groups is 1. The molecule has 0 radical (unpaired) electrons. The van der Waals surface area contributed by atoms with Gasteiger partial charge in [0, 0.05) is 23.7 Å². The smallest absolute Gasteiger partial charge is 0.393 e. The number of hydrogen-bond acceptors (Lipinski definition) is 6. The number of hydrogen-bond donors (Lipinski definition) is 5. The monoisotopic (exact) mass is 486 g/mol. The topological polar surface area (TPSA) is 117 Å². The number of urea groups is 1.